The number of benzene rings is 1. The summed E-state index contributed by atoms with van der Waals surface area (Å²) in [6.45, 7) is 10.4. The Bertz CT molecular complexity index is 1010. The Morgan fingerprint density at radius 3 is 2.54 bits per heavy atom. The SMILES string of the molecule is CCCON(CCC)C(=O)CN1C[C@H](c2cc(OC)c3c(c2)OCO3)[C@@H](C(=O)O)[C@@H]1CC(C)(C)C1OCCO1. The maximum atomic E-state index is 13.4. The lowest BCUT2D eigenvalue weighted by Gasteiger charge is -2.37. The number of ether oxygens (including phenoxy) is 5. The van der Waals surface area contributed by atoms with E-state index in [1.54, 1.807) is 7.11 Å². The molecule has 2 saturated heterocycles. The van der Waals surface area contributed by atoms with Crippen molar-refractivity contribution in [1.29, 1.82) is 0 Å². The molecule has 3 atom stereocenters. The Morgan fingerprint density at radius 2 is 1.90 bits per heavy atom. The fourth-order valence-corrected chi connectivity index (χ4v) is 5.81. The highest BCUT2D eigenvalue weighted by Gasteiger charge is 2.51. The molecule has 1 aromatic carbocycles. The van der Waals surface area contributed by atoms with Crippen LogP contribution in [0.5, 0.6) is 17.2 Å². The first-order valence-electron chi connectivity index (χ1n) is 13.8. The average Bonchev–Trinajstić information content (AvgIpc) is 3.66. The van der Waals surface area contributed by atoms with E-state index in [4.69, 9.17) is 28.5 Å². The second-order valence-corrected chi connectivity index (χ2v) is 11.0. The van der Waals surface area contributed by atoms with Gasteiger partial charge >= 0.3 is 5.97 Å². The largest absolute Gasteiger partial charge is 0.493 e. The third kappa shape index (κ3) is 6.42. The maximum absolute atomic E-state index is 13.4. The molecule has 1 N–H and O–H groups in total. The van der Waals surface area contributed by atoms with Crippen LogP contribution in [0, 0.1) is 11.3 Å². The molecular formula is C28H42N2O9. The van der Waals surface area contributed by atoms with E-state index < -0.39 is 35.6 Å². The molecule has 0 unspecified atom stereocenters. The van der Waals surface area contributed by atoms with E-state index in [2.05, 4.69) is 0 Å². The minimum absolute atomic E-state index is 0.0405. The van der Waals surface area contributed by atoms with Crippen molar-refractivity contribution in [3.63, 3.8) is 0 Å². The lowest BCUT2D eigenvalue weighted by molar-refractivity contribution is -0.188. The first kappa shape index (κ1) is 29.4. The fourth-order valence-electron chi connectivity index (χ4n) is 5.81. The van der Waals surface area contributed by atoms with Crippen molar-refractivity contribution < 1.29 is 43.2 Å². The summed E-state index contributed by atoms with van der Waals surface area (Å²) in [4.78, 5) is 34.1. The Kier molecular flexibility index (Phi) is 9.58. The molecule has 3 heterocycles. The van der Waals surface area contributed by atoms with Crippen LogP contribution in [-0.4, -0.2) is 92.6 Å². The van der Waals surface area contributed by atoms with Crippen LogP contribution in [0.15, 0.2) is 12.1 Å². The minimum atomic E-state index is -0.923. The molecular weight excluding hydrogens is 508 g/mol. The molecule has 4 rings (SSSR count). The summed E-state index contributed by atoms with van der Waals surface area (Å²) < 4.78 is 28.3. The van der Waals surface area contributed by atoms with Crippen LogP contribution in [0.3, 0.4) is 0 Å². The number of carbonyl (C=O) groups is 2. The summed E-state index contributed by atoms with van der Waals surface area (Å²) in [6.07, 6.45) is 1.55. The Morgan fingerprint density at radius 1 is 1.15 bits per heavy atom. The lowest BCUT2D eigenvalue weighted by Crippen LogP contribution is -2.47. The number of hydrogen-bond donors (Lipinski definition) is 1. The molecule has 11 heteroatoms. The number of likely N-dealkylation sites (tertiary alicyclic amines) is 1. The zero-order valence-corrected chi connectivity index (χ0v) is 23.6. The van der Waals surface area contributed by atoms with Crippen molar-refractivity contribution in [2.75, 3.05) is 53.4 Å². The number of nitrogens with zero attached hydrogens (tertiary/aromatic N) is 2. The van der Waals surface area contributed by atoms with E-state index >= 15 is 0 Å². The number of aliphatic carboxylic acids is 1. The highest BCUT2D eigenvalue weighted by atomic mass is 16.7. The summed E-state index contributed by atoms with van der Waals surface area (Å²) in [6, 6.07) is 3.19. The molecule has 218 valence electrons. The topological polar surface area (TPSA) is 116 Å². The molecule has 1 amide bonds. The van der Waals surface area contributed by atoms with Crippen molar-refractivity contribution in [2.24, 2.45) is 11.3 Å². The van der Waals surface area contributed by atoms with E-state index in [1.165, 1.54) is 5.06 Å². The van der Waals surface area contributed by atoms with Gasteiger partial charge in [-0.3, -0.25) is 19.3 Å². The monoisotopic (exact) mass is 550 g/mol. The number of hydroxylamine groups is 2. The average molecular weight is 551 g/mol. The van der Waals surface area contributed by atoms with Gasteiger partial charge in [0.2, 0.25) is 12.5 Å². The molecule has 11 nitrogen and oxygen atoms in total. The Hall–Kier alpha value is -2.60. The molecule has 2 fully saturated rings. The molecule has 0 bridgehead atoms. The number of fused-ring (bicyclic) bond motifs is 1. The molecule has 1 aromatic rings. The first-order chi connectivity index (χ1) is 18.7. The molecule has 39 heavy (non-hydrogen) atoms. The zero-order valence-electron chi connectivity index (χ0n) is 23.6. The van der Waals surface area contributed by atoms with Crippen LogP contribution in [-0.2, 0) is 23.9 Å². The number of methoxy groups -OCH3 is 1. The van der Waals surface area contributed by atoms with Gasteiger partial charge in [-0.1, -0.05) is 27.7 Å². The predicted molar refractivity (Wildman–Crippen MR) is 141 cm³/mol. The number of carboxylic acid groups (broad SMARTS) is 1. The molecule has 0 saturated carbocycles. The predicted octanol–water partition coefficient (Wildman–Crippen LogP) is 3.26. The smallest absolute Gasteiger partial charge is 0.308 e. The van der Waals surface area contributed by atoms with Gasteiger partial charge in [0.1, 0.15) is 0 Å². The summed E-state index contributed by atoms with van der Waals surface area (Å²) >= 11 is 0. The van der Waals surface area contributed by atoms with Gasteiger partial charge in [0, 0.05) is 30.5 Å². The third-order valence-corrected chi connectivity index (χ3v) is 7.63. The first-order valence-corrected chi connectivity index (χ1v) is 13.8. The molecule has 0 aromatic heterocycles. The molecule has 0 spiro atoms. The van der Waals surface area contributed by atoms with E-state index in [0.717, 1.165) is 18.4 Å². The van der Waals surface area contributed by atoms with Gasteiger partial charge in [-0.05, 0) is 37.0 Å². The molecule has 0 radical (unpaired) electrons. The normalized spacial score (nSPS) is 23.4. The Balaban J connectivity index is 1.67. The van der Waals surface area contributed by atoms with Gasteiger partial charge in [0.25, 0.3) is 5.91 Å². The standard InChI is InChI=1S/C28H42N2O9/c1-6-8-30(39-9-7-2)23(31)16-29-15-19(18-12-21(34-5)25-22(13-18)37-17-38-25)24(26(32)33)20(29)14-28(3,4)27-35-10-11-36-27/h12-13,19-20,24,27H,6-11,14-17H2,1-5H3,(H,32,33)/t19-,20+,24-/m1/s1. The van der Waals surface area contributed by atoms with Gasteiger partial charge in [0.05, 0.1) is 39.4 Å². The fraction of sp³-hybridized carbons (Fsp3) is 0.714. The van der Waals surface area contributed by atoms with E-state index in [9.17, 15) is 14.7 Å². The number of amides is 1. The summed E-state index contributed by atoms with van der Waals surface area (Å²) in [5.41, 5.74) is 0.279. The number of rotatable bonds is 13. The quantitative estimate of drug-likeness (QED) is 0.367. The van der Waals surface area contributed by atoms with Crippen LogP contribution < -0.4 is 14.2 Å². The lowest BCUT2D eigenvalue weighted by atomic mass is 9.77. The van der Waals surface area contributed by atoms with Gasteiger partial charge in [-0.25, -0.2) is 5.06 Å². The summed E-state index contributed by atoms with van der Waals surface area (Å²) in [5.74, 6) is -0.793. The molecule has 3 aliphatic rings. The second-order valence-electron chi connectivity index (χ2n) is 11.0. The second kappa shape index (κ2) is 12.7. The van der Waals surface area contributed by atoms with Crippen molar-refractivity contribution >= 4 is 11.9 Å². The highest BCUT2D eigenvalue weighted by molar-refractivity contribution is 5.78. The Labute approximate surface area is 230 Å². The maximum Gasteiger partial charge on any atom is 0.308 e. The van der Waals surface area contributed by atoms with Crippen LogP contribution >= 0.6 is 0 Å². The van der Waals surface area contributed by atoms with E-state index in [1.807, 2.05) is 44.7 Å². The van der Waals surface area contributed by atoms with Crippen molar-refractivity contribution in [2.45, 2.75) is 65.2 Å². The van der Waals surface area contributed by atoms with Crippen molar-refractivity contribution in [3.05, 3.63) is 17.7 Å². The molecule has 0 aliphatic carbocycles. The van der Waals surface area contributed by atoms with Crippen LogP contribution in [0.25, 0.3) is 0 Å². The van der Waals surface area contributed by atoms with Crippen molar-refractivity contribution in [3.8, 4) is 17.2 Å². The number of hydrogen-bond acceptors (Lipinski definition) is 9. The highest BCUT2D eigenvalue weighted by Crippen LogP contribution is 2.48. The van der Waals surface area contributed by atoms with Gasteiger partial charge in [-0.15, -0.1) is 0 Å². The van der Waals surface area contributed by atoms with Crippen LogP contribution in [0.4, 0.5) is 0 Å². The zero-order chi connectivity index (χ0) is 28.2. The van der Waals surface area contributed by atoms with Crippen LogP contribution in [0.1, 0.15) is 58.4 Å². The van der Waals surface area contributed by atoms with Gasteiger partial charge in [-0.2, -0.15) is 0 Å². The van der Waals surface area contributed by atoms with Crippen LogP contribution in [0.2, 0.25) is 0 Å². The van der Waals surface area contributed by atoms with Gasteiger partial charge in [0.15, 0.2) is 17.8 Å². The summed E-state index contributed by atoms with van der Waals surface area (Å²) in [5, 5.41) is 12.0. The van der Waals surface area contributed by atoms with E-state index in [-0.39, 0.29) is 19.2 Å². The molecule has 3 aliphatic heterocycles. The summed E-state index contributed by atoms with van der Waals surface area (Å²) in [7, 11) is 1.54. The minimum Gasteiger partial charge on any atom is -0.493 e. The third-order valence-electron chi connectivity index (χ3n) is 7.63. The number of carbonyl (C=O) groups excluding carboxylic acids is 1. The number of carboxylic acids is 1. The van der Waals surface area contributed by atoms with E-state index in [0.29, 0.717) is 56.6 Å². The van der Waals surface area contributed by atoms with Crippen molar-refractivity contribution in [1.82, 2.24) is 9.96 Å². The van der Waals surface area contributed by atoms with Gasteiger partial charge < -0.3 is 28.8 Å².